The summed E-state index contributed by atoms with van der Waals surface area (Å²) in [6.45, 7) is 16.9. The SMILES string of the molecule is Cc1nc(C(=O)N2C[C@H]3C[C@H]3[C@H]2CO)c(-c2ccccc2)s1.Cc1nc(C(=O)N2C[C@H]3C[C@H]3[C@H]2[C@H](C)N)c(-c2ccccc2)s1.Cc1nc(C(=O)N2C[C@H]3C[C@H]3[C@H]2[C@H](C)Nc2nc3ccccc3o2)c(-c2ccccc2)s1.Cc1nc(C(=O)N2C[C@H]3C[C@H]3[C@H]2[C@H](C)O)c(-c2ccccc2)s1.Clc1nc2ccccc2o1. The Hall–Kier alpha value is -9.37. The number of amides is 4. The number of halogens is 1. The standard InChI is InChI=1S/C25H24N4O2S.C18H21N3OS.C18H20N2O2S.C17H18N2O2S.C7H4ClNO/c1-14(26-25-28-19-10-6-7-11-20(19)31-25)22-18-12-17(18)13-29(22)24(30)21-23(32-15(2)27-21)16-8-4-3-5-9-16;1-10(19)16-14-8-13(14)9-21(16)18(22)15-17(23-11(2)20-15)12-6-4-3-5-7-12;1-10(21)16-14-8-13(14)9-20(16)18(22)15-17(23-11(2)19-15)12-6-4-3-5-7-12;1-10-18-15(16(22-10)11-5-3-2-4-6-11)17(21)19-8-12-7-13(12)14(19)9-20;8-7-9-5-3-1-2-4-6(5)10-7/h3-11,14,17-18,22H,12-13H2,1-2H3,(H,26,28);3-7,10,13-14,16H,8-9,19H2,1-2H3;3-7,10,13-14,16,21H,8-9H2,1-2H3;2-6,12-14,20H,7-9H2,1H3;1-4H/t14-,17+,18+,22+;2*10-,13+,14+,16+;12-,13-,14-;/m0001./s1. The van der Waals surface area contributed by atoms with E-state index in [0.29, 0.717) is 76.1 Å². The molecular formula is C85H87ClN12O8S4. The van der Waals surface area contributed by atoms with E-state index in [9.17, 15) is 29.4 Å². The van der Waals surface area contributed by atoms with Crippen LogP contribution in [-0.4, -0.2) is 158 Å². The number of benzene rings is 6. The summed E-state index contributed by atoms with van der Waals surface area (Å²) in [6.07, 6.45) is 4.20. The van der Waals surface area contributed by atoms with Crippen molar-refractivity contribution in [2.45, 2.75) is 117 Å². The summed E-state index contributed by atoms with van der Waals surface area (Å²) < 4.78 is 10.9. The molecule has 4 aliphatic carbocycles. The third-order valence-corrected chi connectivity index (χ3v) is 26.7. The molecule has 4 aliphatic heterocycles. The Bertz CT molecular complexity index is 5130. The molecule has 10 heterocycles. The Labute approximate surface area is 659 Å². The van der Waals surface area contributed by atoms with E-state index < -0.39 is 6.10 Å². The van der Waals surface area contributed by atoms with Gasteiger partial charge in [-0.05, 0) is 180 Å². The smallest absolute Gasteiger partial charge is 0.295 e. The third kappa shape index (κ3) is 15.5. The van der Waals surface area contributed by atoms with Gasteiger partial charge in [-0.25, -0.2) is 19.9 Å². The maximum absolute atomic E-state index is 13.7. The molecule has 8 fully saturated rings. The number of para-hydroxylation sites is 4. The van der Waals surface area contributed by atoms with E-state index in [4.69, 9.17) is 26.2 Å². The zero-order valence-electron chi connectivity index (χ0n) is 62.1. The van der Waals surface area contributed by atoms with Gasteiger partial charge in [-0.1, -0.05) is 146 Å². The van der Waals surface area contributed by atoms with Crippen LogP contribution in [-0.2, 0) is 0 Å². The highest BCUT2D eigenvalue weighted by atomic mass is 35.5. The van der Waals surface area contributed by atoms with Crippen LogP contribution in [0.25, 0.3) is 64.0 Å². The number of rotatable bonds is 14. The van der Waals surface area contributed by atoms with Crippen LogP contribution in [0.1, 0.15) is 108 Å². The van der Waals surface area contributed by atoms with Gasteiger partial charge in [0.1, 0.15) is 33.8 Å². The Kier molecular flexibility index (Phi) is 21.3. The number of aryl methyl sites for hydroxylation is 4. The number of oxazole rings is 2. The summed E-state index contributed by atoms with van der Waals surface area (Å²) in [6, 6.07) is 55.9. The first-order valence-electron chi connectivity index (χ1n) is 37.8. The van der Waals surface area contributed by atoms with Crippen molar-refractivity contribution in [2.24, 2.45) is 53.1 Å². The molecule has 4 saturated carbocycles. The summed E-state index contributed by atoms with van der Waals surface area (Å²) >= 11 is 11.8. The summed E-state index contributed by atoms with van der Waals surface area (Å²) in [5.41, 5.74) is 15.7. The number of aliphatic hydroxyl groups excluding tert-OH is 2. The largest absolute Gasteiger partial charge is 0.428 e. The molecule has 15 atom stereocenters. The first-order chi connectivity index (χ1) is 53.2. The Morgan fingerprint density at radius 2 is 0.782 bits per heavy atom. The number of aliphatic hydroxyl groups is 2. The van der Waals surface area contributed by atoms with Crippen molar-refractivity contribution in [1.29, 1.82) is 0 Å². The number of piperidine rings is 4. The van der Waals surface area contributed by atoms with Gasteiger partial charge in [0, 0.05) is 38.3 Å². The highest BCUT2D eigenvalue weighted by molar-refractivity contribution is 7.16. The molecule has 25 heteroatoms. The van der Waals surface area contributed by atoms with Crippen LogP contribution in [0.15, 0.2) is 179 Å². The van der Waals surface area contributed by atoms with Gasteiger partial charge in [0.15, 0.2) is 11.2 Å². The second-order valence-corrected chi connectivity index (χ2v) is 35.4. The number of nitrogens with zero attached hydrogens (tertiary/aromatic N) is 10. The minimum atomic E-state index is -0.489. The van der Waals surface area contributed by atoms with Gasteiger partial charge < -0.3 is 49.7 Å². The van der Waals surface area contributed by atoms with Crippen molar-refractivity contribution in [3.05, 3.63) is 218 Å². The summed E-state index contributed by atoms with van der Waals surface area (Å²) in [4.78, 5) is 91.1. The molecule has 6 aromatic heterocycles. The average Bonchev–Trinajstić information content (AvgIpc) is 1.60. The van der Waals surface area contributed by atoms with Gasteiger partial charge in [-0.3, -0.25) is 19.2 Å². The monoisotopic (exact) mass is 1570 g/mol. The fourth-order valence-corrected chi connectivity index (χ4v) is 21.0. The van der Waals surface area contributed by atoms with Gasteiger partial charge in [0.2, 0.25) is 0 Å². The quantitative estimate of drug-likeness (QED) is 0.0788. The molecule has 0 radical (unpaired) electrons. The summed E-state index contributed by atoms with van der Waals surface area (Å²) in [7, 11) is 0. The number of fused-ring (bicyclic) bond motifs is 6. The zero-order chi connectivity index (χ0) is 76.3. The van der Waals surface area contributed by atoms with Crippen LogP contribution < -0.4 is 11.1 Å². The highest BCUT2D eigenvalue weighted by Crippen LogP contribution is 2.55. The maximum atomic E-state index is 13.7. The van der Waals surface area contributed by atoms with Crippen molar-refractivity contribution in [2.75, 3.05) is 38.1 Å². The van der Waals surface area contributed by atoms with E-state index >= 15 is 0 Å². The van der Waals surface area contributed by atoms with Gasteiger partial charge in [0.05, 0.1) is 76.4 Å². The molecule has 4 saturated heterocycles. The molecule has 0 bridgehead atoms. The van der Waals surface area contributed by atoms with Gasteiger partial charge in [0.25, 0.3) is 35.0 Å². The number of carbonyl (C=O) groups is 4. The zero-order valence-corrected chi connectivity index (χ0v) is 66.1. The van der Waals surface area contributed by atoms with E-state index in [-0.39, 0.29) is 71.8 Å². The number of nitrogens with one attached hydrogen (secondary N) is 1. The van der Waals surface area contributed by atoms with Crippen molar-refractivity contribution in [1.82, 2.24) is 49.5 Å². The topological polar surface area (TPSA) is 263 Å². The number of hydrogen-bond donors (Lipinski definition) is 4. The van der Waals surface area contributed by atoms with Crippen molar-refractivity contribution in [3.8, 4) is 41.8 Å². The van der Waals surface area contributed by atoms with Crippen LogP contribution in [0.4, 0.5) is 6.01 Å². The molecule has 566 valence electrons. The maximum Gasteiger partial charge on any atom is 0.295 e. The number of nitrogens with two attached hydrogens (primary N) is 1. The molecule has 6 aromatic carbocycles. The van der Waals surface area contributed by atoms with Gasteiger partial charge in [-0.2, -0.15) is 9.97 Å². The van der Waals surface area contributed by atoms with Crippen molar-refractivity contribution < 1.29 is 38.2 Å². The van der Waals surface area contributed by atoms with E-state index in [1.807, 2.05) is 224 Å². The predicted molar refractivity (Wildman–Crippen MR) is 433 cm³/mol. The molecule has 12 aromatic rings. The third-order valence-electron chi connectivity index (χ3n) is 22.5. The van der Waals surface area contributed by atoms with E-state index in [2.05, 4.69) is 42.1 Å². The fourth-order valence-electron chi connectivity index (χ4n) is 17.2. The second-order valence-electron chi connectivity index (χ2n) is 30.3. The molecule has 5 N–H and O–H groups in total. The summed E-state index contributed by atoms with van der Waals surface area (Å²) in [5.74, 6) is 4.46. The Morgan fingerprint density at radius 1 is 0.455 bits per heavy atom. The normalized spacial score (nSPS) is 24.0. The van der Waals surface area contributed by atoms with E-state index in [0.717, 1.165) is 123 Å². The second kappa shape index (κ2) is 31.4. The number of carbonyl (C=O) groups excluding carboxylic acids is 4. The molecule has 8 aliphatic rings. The molecule has 20 rings (SSSR count). The minimum absolute atomic E-state index is 0.0105. The Balaban J connectivity index is 0.000000108. The lowest BCUT2D eigenvalue weighted by Gasteiger charge is -2.32. The lowest BCUT2D eigenvalue weighted by molar-refractivity contribution is 0.0459. The lowest BCUT2D eigenvalue weighted by atomic mass is 10.0. The van der Waals surface area contributed by atoms with E-state index in [1.54, 1.807) is 52.3 Å². The number of likely N-dealkylation sites (tertiary alicyclic amines) is 4. The van der Waals surface area contributed by atoms with E-state index in [1.165, 1.54) is 12.8 Å². The molecule has 4 amide bonds. The summed E-state index contributed by atoms with van der Waals surface area (Å²) in [5, 5.41) is 27.0. The van der Waals surface area contributed by atoms with Crippen molar-refractivity contribution in [3.63, 3.8) is 0 Å². The molecule has 0 spiro atoms. The van der Waals surface area contributed by atoms with Crippen LogP contribution in [0.3, 0.4) is 0 Å². The number of hydrogen-bond acceptors (Lipinski definition) is 20. The number of anilines is 1. The Morgan fingerprint density at radius 3 is 1.17 bits per heavy atom. The van der Waals surface area contributed by atoms with Crippen molar-refractivity contribution >= 4 is 109 Å². The lowest BCUT2D eigenvalue weighted by Crippen LogP contribution is -2.48. The van der Waals surface area contributed by atoms with Gasteiger partial charge >= 0.3 is 0 Å². The van der Waals surface area contributed by atoms with Crippen LogP contribution >= 0.6 is 56.9 Å². The molecule has 20 nitrogen and oxygen atoms in total. The molecule has 0 unspecified atom stereocenters. The molecule has 110 heavy (non-hydrogen) atoms. The fraction of sp³-hybridized carbons (Fsp3) is 0.365. The highest BCUT2D eigenvalue weighted by Gasteiger charge is 2.59. The first-order valence-corrected chi connectivity index (χ1v) is 41.4. The number of thiazole rings is 4. The predicted octanol–water partition coefficient (Wildman–Crippen LogP) is 16.2. The van der Waals surface area contributed by atoms with Crippen LogP contribution in [0.2, 0.25) is 5.35 Å². The van der Waals surface area contributed by atoms with Crippen LogP contribution in [0, 0.1) is 75.0 Å². The first kappa shape index (κ1) is 74.7. The average molecular weight is 1570 g/mol. The minimum Gasteiger partial charge on any atom is -0.428 e. The van der Waals surface area contributed by atoms with Gasteiger partial charge in [-0.15, -0.1) is 45.3 Å². The number of aromatic nitrogens is 6. The molecular weight excluding hydrogens is 1480 g/mol. The van der Waals surface area contributed by atoms with Crippen LogP contribution in [0.5, 0.6) is 0 Å².